The van der Waals surface area contributed by atoms with Gasteiger partial charge in [0.1, 0.15) is 0 Å². The van der Waals surface area contributed by atoms with E-state index in [1.54, 1.807) is 0 Å². The van der Waals surface area contributed by atoms with E-state index in [9.17, 15) is 4.79 Å². The van der Waals surface area contributed by atoms with E-state index in [0.29, 0.717) is 18.1 Å². The van der Waals surface area contributed by atoms with Crippen LogP contribution in [0.2, 0.25) is 5.02 Å². The van der Waals surface area contributed by atoms with Gasteiger partial charge in [-0.15, -0.1) is 12.4 Å². The van der Waals surface area contributed by atoms with Crippen LogP contribution in [0.5, 0.6) is 0 Å². The molecule has 2 atom stereocenters. The lowest BCUT2D eigenvalue weighted by Gasteiger charge is -2.39. The fraction of sp³-hybridized carbons (Fsp3) is 0.588. The molecule has 1 aromatic rings. The van der Waals surface area contributed by atoms with Gasteiger partial charge in [0.05, 0.1) is 5.92 Å². The Kier molecular flexibility index (Phi) is 7.17. The zero-order chi connectivity index (χ0) is 15.5. The molecule has 0 saturated heterocycles. The Balaban J connectivity index is 0.00000242. The third-order valence-electron chi connectivity index (χ3n) is 4.51. The number of rotatable bonds is 4. The van der Waals surface area contributed by atoms with E-state index in [0.717, 1.165) is 31.2 Å². The van der Waals surface area contributed by atoms with Gasteiger partial charge in [0, 0.05) is 23.7 Å². The molecule has 0 spiro atoms. The van der Waals surface area contributed by atoms with Gasteiger partial charge in [-0.2, -0.15) is 0 Å². The maximum atomic E-state index is 12.8. The van der Waals surface area contributed by atoms with Crippen molar-refractivity contribution in [3.63, 3.8) is 0 Å². The molecule has 1 saturated carbocycles. The van der Waals surface area contributed by atoms with Crippen molar-refractivity contribution in [2.24, 2.45) is 11.7 Å². The first-order valence-corrected chi connectivity index (χ1v) is 8.14. The molecule has 1 aromatic carbocycles. The van der Waals surface area contributed by atoms with Crippen molar-refractivity contribution in [3.05, 3.63) is 34.9 Å². The summed E-state index contributed by atoms with van der Waals surface area (Å²) < 4.78 is 0. The average molecular weight is 345 g/mol. The Hall–Kier alpha value is -0.770. The fourth-order valence-electron chi connectivity index (χ4n) is 3.19. The third-order valence-corrected chi connectivity index (χ3v) is 4.74. The predicted octanol–water partition coefficient (Wildman–Crippen LogP) is 4.02. The van der Waals surface area contributed by atoms with Gasteiger partial charge in [0.15, 0.2) is 0 Å². The Morgan fingerprint density at radius 1 is 1.45 bits per heavy atom. The number of carbonyl (C=O) groups excluding carboxylic acids is 1. The molecule has 1 aliphatic rings. The molecule has 2 rings (SSSR count). The number of nitrogens with two attached hydrogens (primary N) is 1. The molecule has 1 amide bonds. The fourth-order valence-corrected chi connectivity index (χ4v) is 3.40. The average Bonchev–Trinajstić information content (AvgIpc) is 2.43. The molecule has 124 valence electrons. The van der Waals surface area contributed by atoms with Gasteiger partial charge < -0.3 is 10.6 Å². The Morgan fingerprint density at radius 2 is 2.18 bits per heavy atom. The number of halogens is 2. The molecule has 2 N–H and O–H groups in total. The van der Waals surface area contributed by atoms with Gasteiger partial charge in [-0.3, -0.25) is 4.79 Å². The van der Waals surface area contributed by atoms with E-state index in [-0.39, 0.29) is 29.8 Å². The van der Waals surface area contributed by atoms with Gasteiger partial charge in [-0.05, 0) is 44.4 Å². The lowest BCUT2D eigenvalue weighted by molar-refractivity contribution is -0.139. The number of amides is 1. The predicted molar refractivity (Wildman–Crippen MR) is 94.3 cm³/mol. The lowest BCUT2D eigenvalue weighted by atomic mass is 9.74. The highest BCUT2D eigenvalue weighted by atomic mass is 35.5. The van der Waals surface area contributed by atoms with Crippen molar-refractivity contribution in [1.82, 2.24) is 4.90 Å². The number of carbonyl (C=O) groups is 1. The van der Waals surface area contributed by atoms with Crippen molar-refractivity contribution in [1.29, 1.82) is 0 Å². The quantitative estimate of drug-likeness (QED) is 0.896. The van der Waals surface area contributed by atoms with E-state index in [1.165, 1.54) is 0 Å². The molecular weight excluding hydrogens is 319 g/mol. The molecule has 3 nitrogen and oxygen atoms in total. The normalized spacial score (nSPS) is 24.5. The second-order valence-corrected chi connectivity index (χ2v) is 6.72. The highest BCUT2D eigenvalue weighted by Crippen LogP contribution is 2.33. The smallest absolute Gasteiger partial charge is 0.227 e. The van der Waals surface area contributed by atoms with Crippen LogP contribution in [0.15, 0.2) is 24.3 Å². The minimum atomic E-state index is -0.378. The van der Waals surface area contributed by atoms with Gasteiger partial charge >= 0.3 is 0 Å². The number of benzene rings is 1. The molecule has 0 aromatic heterocycles. The number of hydrogen-bond acceptors (Lipinski definition) is 2. The van der Waals surface area contributed by atoms with Gasteiger partial charge in [0.25, 0.3) is 0 Å². The largest absolute Gasteiger partial charge is 0.338 e. The molecular formula is C17H26Cl2N2O. The molecule has 0 radical (unpaired) electrons. The zero-order valence-corrected chi connectivity index (χ0v) is 14.9. The van der Waals surface area contributed by atoms with Gasteiger partial charge in [-0.1, -0.05) is 36.6 Å². The summed E-state index contributed by atoms with van der Waals surface area (Å²) in [5, 5.41) is 0.706. The standard InChI is InChI=1S/C17H25ClN2O.ClH/c1-3-20(12-13-7-6-8-14(18)11-13)16(21)15-9-4-5-10-17(15,2)19;/h6-8,11,15H,3-5,9-10,12,19H2,1-2H3;1H. The SMILES string of the molecule is CCN(Cc1cccc(Cl)c1)C(=O)C1CCCCC1(C)N.Cl. The lowest BCUT2D eigenvalue weighted by Crippen LogP contribution is -2.53. The molecule has 1 aliphatic carbocycles. The summed E-state index contributed by atoms with van der Waals surface area (Å²) in [4.78, 5) is 14.7. The van der Waals surface area contributed by atoms with Crippen LogP contribution in [0.3, 0.4) is 0 Å². The summed E-state index contributed by atoms with van der Waals surface area (Å²) in [6, 6.07) is 7.69. The summed E-state index contributed by atoms with van der Waals surface area (Å²) in [6.45, 7) is 5.32. The zero-order valence-electron chi connectivity index (χ0n) is 13.3. The molecule has 22 heavy (non-hydrogen) atoms. The van der Waals surface area contributed by atoms with Crippen LogP contribution in [0.25, 0.3) is 0 Å². The van der Waals surface area contributed by atoms with Gasteiger partial charge in [-0.25, -0.2) is 0 Å². The maximum Gasteiger partial charge on any atom is 0.227 e. The van der Waals surface area contributed by atoms with Crippen molar-refractivity contribution >= 4 is 29.9 Å². The Labute approximate surface area is 144 Å². The van der Waals surface area contributed by atoms with E-state index >= 15 is 0 Å². The monoisotopic (exact) mass is 344 g/mol. The van der Waals surface area contributed by atoms with E-state index in [2.05, 4.69) is 0 Å². The highest BCUT2D eigenvalue weighted by molar-refractivity contribution is 6.30. The topological polar surface area (TPSA) is 46.3 Å². The Bertz CT molecular complexity index is 505. The minimum absolute atomic E-state index is 0. The van der Waals surface area contributed by atoms with Crippen molar-refractivity contribution < 1.29 is 4.79 Å². The molecule has 0 aliphatic heterocycles. The maximum absolute atomic E-state index is 12.8. The first-order chi connectivity index (χ1) is 9.94. The van der Waals surface area contributed by atoms with E-state index in [4.69, 9.17) is 17.3 Å². The van der Waals surface area contributed by atoms with Crippen molar-refractivity contribution in [3.8, 4) is 0 Å². The molecule has 5 heteroatoms. The molecule has 2 unspecified atom stereocenters. The van der Waals surface area contributed by atoms with E-state index in [1.807, 2.05) is 43.0 Å². The van der Waals surface area contributed by atoms with Crippen LogP contribution in [0, 0.1) is 5.92 Å². The summed E-state index contributed by atoms with van der Waals surface area (Å²) in [7, 11) is 0. The minimum Gasteiger partial charge on any atom is -0.338 e. The van der Waals surface area contributed by atoms with Crippen LogP contribution < -0.4 is 5.73 Å². The van der Waals surface area contributed by atoms with E-state index < -0.39 is 0 Å². The summed E-state index contributed by atoms with van der Waals surface area (Å²) in [6.07, 6.45) is 4.05. The Morgan fingerprint density at radius 3 is 2.77 bits per heavy atom. The highest BCUT2D eigenvalue weighted by Gasteiger charge is 2.39. The number of hydrogen-bond donors (Lipinski definition) is 1. The second kappa shape index (κ2) is 8.19. The van der Waals surface area contributed by atoms with Crippen LogP contribution in [-0.4, -0.2) is 22.9 Å². The van der Waals surface area contributed by atoms with Crippen LogP contribution in [0.4, 0.5) is 0 Å². The molecule has 0 bridgehead atoms. The summed E-state index contributed by atoms with van der Waals surface area (Å²) >= 11 is 6.02. The van der Waals surface area contributed by atoms with Crippen LogP contribution in [-0.2, 0) is 11.3 Å². The number of nitrogens with zero attached hydrogens (tertiary/aromatic N) is 1. The summed E-state index contributed by atoms with van der Waals surface area (Å²) in [5.41, 5.74) is 7.05. The third kappa shape index (κ3) is 4.61. The summed E-state index contributed by atoms with van der Waals surface area (Å²) in [5.74, 6) is 0.118. The van der Waals surface area contributed by atoms with Crippen LogP contribution >= 0.6 is 24.0 Å². The molecule has 1 fully saturated rings. The van der Waals surface area contributed by atoms with Crippen molar-refractivity contribution in [2.75, 3.05) is 6.54 Å². The second-order valence-electron chi connectivity index (χ2n) is 6.29. The molecule has 0 heterocycles. The van der Waals surface area contributed by atoms with Crippen LogP contribution in [0.1, 0.15) is 45.1 Å². The first kappa shape index (κ1) is 19.3. The van der Waals surface area contributed by atoms with Crippen molar-refractivity contribution in [2.45, 2.75) is 51.6 Å². The first-order valence-electron chi connectivity index (χ1n) is 7.76. The van der Waals surface area contributed by atoms with Gasteiger partial charge in [0.2, 0.25) is 5.91 Å².